The van der Waals surface area contributed by atoms with Gasteiger partial charge in [-0.1, -0.05) is 0 Å². The van der Waals surface area contributed by atoms with Gasteiger partial charge in [0.15, 0.2) is 5.82 Å². The minimum absolute atomic E-state index is 0.808. The summed E-state index contributed by atoms with van der Waals surface area (Å²) < 4.78 is 1.85. The Morgan fingerprint density at radius 2 is 2.40 bits per heavy atom. The molecule has 2 rings (SSSR count). The highest BCUT2D eigenvalue weighted by atomic mass is 127. The van der Waals surface area contributed by atoms with Crippen molar-refractivity contribution in [3.05, 3.63) is 18.6 Å². The molecule has 0 saturated heterocycles. The quantitative estimate of drug-likeness (QED) is 0.650. The first-order valence-electron chi connectivity index (χ1n) is 2.69. The summed E-state index contributed by atoms with van der Waals surface area (Å²) in [5.41, 5.74) is 0.830. The highest BCUT2D eigenvalue weighted by molar-refractivity contribution is 14.1. The maximum Gasteiger partial charge on any atom is 0.191 e. The second-order valence-electron chi connectivity index (χ2n) is 1.79. The van der Waals surface area contributed by atoms with Crippen molar-refractivity contribution < 1.29 is 0 Å². The van der Waals surface area contributed by atoms with Crippen LogP contribution in [0.4, 0.5) is 0 Å². The fraction of sp³-hybridized carbons (Fsp3) is 0. The van der Waals surface area contributed by atoms with E-state index in [-0.39, 0.29) is 0 Å². The number of fused-ring (bicyclic) bond motifs is 1. The van der Waals surface area contributed by atoms with E-state index in [0.717, 1.165) is 11.5 Å². The van der Waals surface area contributed by atoms with Crippen LogP contribution in [0.15, 0.2) is 18.6 Å². The second-order valence-corrected chi connectivity index (χ2v) is 2.83. The maximum atomic E-state index is 4.05. The van der Waals surface area contributed by atoms with Crippen molar-refractivity contribution in [3.63, 3.8) is 0 Å². The van der Waals surface area contributed by atoms with Gasteiger partial charge in [-0.25, -0.2) is 4.98 Å². The lowest BCUT2D eigenvalue weighted by molar-refractivity contribution is 1.05. The predicted molar refractivity (Wildman–Crippen MR) is 43.9 cm³/mol. The van der Waals surface area contributed by atoms with Gasteiger partial charge in [-0.3, -0.25) is 2.78 Å². The average Bonchev–Trinajstić information content (AvgIpc) is 2.36. The highest BCUT2D eigenvalue weighted by Gasteiger charge is 2.07. The molecule has 0 aliphatic carbocycles. The van der Waals surface area contributed by atoms with E-state index in [1.807, 2.05) is 8.98 Å². The summed E-state index contributed by atoms with van der Waals surface area (Å²) in [5.74, 6) is 0.808. The van der Waals surface area contributed by atoms with E-state index in [0.29, 0.717) is 0 Å². The van der Waals surface area contributed by atoms with Gasteiger partial charge in [0.05, 0.1) is 29.1 Å². The van der Waals surface area contributed by atoms with E-state index in [1.165, 1.54) is 0 Å². The molecule has 0 unspecified atom stereocenters. The third-order valence-electron chi connectivity index (χ3n) is 1.18. The first kappa shape index (κ1) is 6.02. The number of hydrogen-bond acceptors (Lipinski definition) is 3. The van der Waals surface area contributed by atoms with E-state index >= 15 is 0 Å². The van der Waals surface area contributed by atoms with Crippen molar-refractivity contribution in [2.45, 2.75) is 0 Å². The van der Waals surface area contributed by atoms with Gasteiger partial charge in [-0.15, -0.1) is 5.10 Å². The van der Waals surface area contributed by atoms with Gasteiger partial charge in [0.1, 0.15) is 5.69 Å². The van der Waals surface area contributed by atoms with Gasteiger partial charge in [-0.2, -0.15) is 5.10 Å². The van der Waals surface area contributed by atoms with Crippen LogP contribution in [0.2, 0.25) is 0 Å². The Hall–Kier alpha value is -0.720. The molecule has 0 N–H and O–H groups in total. The van der Waals surface area contributed by atoms with Crippen molar-refractivity contribution in [1.82, 2.24) is 18.0 Å². The molecule has 0 atom stereocenters. The standard InChI is InChI=1S/C5H3IN4/c6-10-2-1-7-4-3-8-9-5(4)10/h1-3H. The summed E-state index contributed by atoms with van der Waals surface area (Å²) in [5, 5.41) is 7.59. The Kier molecular flexibility index (Phi) is 1.30. The third kappa shape index (κ3) is 0.772. The first-order chi connectivity index (χ1) is 4.88. The SMILES string of the molecule is In1ccnc2cnnc1-2. The third-order valence-corrected chi connectivity index (χ3v) is 1.95. The van der Waals surface area contributed by atoms with Crippen molar-refractivity contribution >= 4 is 22.9 Å². The molecule has 0 radical (unpaired) electrons. The van der Waals surface area contributed by atoms with Crippen LogP contribution in [0.25, 0.3) is 11.5 Å². The summed E-state index contributed by atoms with van der Waals surface area (Å²) in [6.07, 6.45) is 5.19. The van der Waals surface area contributed by atoms with Crippen LogP contribution in [0, 0.1) is 0 Å². The van der Waals surface area contributed by atoms with Crippen molar-refractivity contribution in [2.75, 3.05) is 0 Å². The zero-order valence-electron chi connectivity index (χ0n) is 4.90. The van der Waals surface area contributed by atoms with E-state index in [1.54, 1.807) is 12.4 Å². The van der Waals surface area contributed by atoms with Crippen molar-refractivity contribution in [2.24, 2.45) is 0 Å². The average molecular weight is 246 g/mol. The summed E-state index contributed by atoms with van der Waals surface area (Å²) in [6.45, 7) is 0. The predicted octanol–water partition coefficient (Wildman–Crippen LogP) is 0.976. The molecule has 0 fully saturated rings. The van der Waals surface area contributed by atoms with Crippen LogP contribution in [0.3, 0.4) is 0 Å². The van der Waals surface area contributed by atoms with Gasteiger partial charge in [0.2, 0.25) is 0 Å². The fourth-order valence-corrected chi connectivity index (χ4v) is 1.22. The van der Waals surface area contributed by atoms with E-state index in [4.69, 9.17) is 0 Å². The molecule has 4 nitrogen and oxygen atoms in total. The number of halogens is 1. The van der Waals surface area contributed by atoms with E-state index in [2.05, 4.69) is 38.0 Å². The van der Waals surface area contributed by atoms with Crippen LogP contribution in [0.1, 0.15) is 0 Å². The molecule has 10 heavy (non-hydrogen) atoms. The molecule has 2 heterocycles. The molecule has 0 saturated carbocycles. The van der Waals surface area contributed by atoms with Gasteiger partial charge in [0, 0.05) is 12.4 Å². The Morgan fingerprint density at radius 3 is 3.20 bits per heavy atom. The molecule has 2 aliphatic rings. The molecule has 0 aromatic heterocycles. The Labute approximate surface area is 71.1 Å². The Balaban J connectivity index is 2.80. The fourth-order valence-electron chi connectivity index (χ4n) is 0.733. The highest BCUT2D eigenvalue weighted by Crippen LogP contribution is 2.15. The Bertz CT molecular complexity index is 318. The van der Waals surface area contributed by atoms with Gasteiger partial charge < -0.3 is 0 Å². The van der Waals surface area contributed by atoms with Gasteiger partial charge >= 0.3 is 0 Å². The summed E-state index contributed by atoms with van der Waals surface area (Å²) >= 11 is 2.13. The lowest BCUT2D eigenvalue weighted by Gasteiger charge is -1.97. The molecule has 5 heteroatoms. The minimum Gasteiger partial charge on any atom is -0.269 e. The molecular weight excluding hydrogens is 243 g/mol. The van der Waals surface area contributed by atoms with Crippen LogP contribution in [0.5, 0.6) is 0 Å². The number of aromatic nitrogens is 4. The number of nitrogens with zero attached hydrogens (tertiary/aromatic N) is 4. The lowest BCUT2D eigenvalue weighted by atomic mass is 10.4. The molecule has 50 valence electrons. The van der Waals surface area contributed by atoms with Crippen molar-refractivity contribution in [1.29, 1.82) is 0 Å². The first-order valence-corrected chi connectivity index (χ1v) is 3.65. The smallest absolute Gasteiger partial charge is 0.191 e. The topological polar surface area (TPSA) is 43.6 Å². The zero-order valence-corrected chi connectivity index (χ0v) is 7.06. The van der Waals surface area contributed by atoms with E-state index in [9.17, 15) is 0 Å². The monoisotopic (exact) mass is 246 g/mol. The molecule has 0 spiro atoms. The summed E-state index contributed by atoms with van der Waals surface area (Å²) in [6, 6.07) is 0. The summed E-state index contributed by atoms with van der Waals surface area (Å²) in [7, 11) is 0. The van der Waals surface area contributed by atoms with Crippen molar-refractivity contribution in [3.8, 4) is 11.5 Å². The second kappa shape index (κ2) is 2.15. The molecule has 0 amide bonds. The maximum absolute atomic E-state index is 4.05. The lowest BCUT2D eigenvalue weighted by Crippen LogP contribution is -1.91. The molecule has 2 aliphatic heterocycles. The largest absolute Gasteiger partial charge is 0.269 e. The molecular formula is C5H3IN4. The van der Waals surface area contributed by atoms with Crippen LogP contribution < -0.4 is 0 Å². The number of rotatable bonds is 0. The van der Waals surface area contributed by atoms with Crippen LogP contribution in [-0.4, -0.2) is 18.0 Å². The zero-order chi connectivity index (χ0) is 6.97. The Morgan fingerprint density at radius 1 is 1.50 bits per heavy atom. The van der Waals surface area contributed by atoms with Crippen LogP contribution >= 0.6 is 22.9 Å². The minimum atomic E-state index is 0.808. The van der Waals surface area contributed by atoms with E-state index < -0.39 is 0 Å². The van der Waals surface area contributed by atoms with Gasteiger partial charge in [0.25, 0.3) is 0 Å². The molecule has 0 bridgehead atoms. The van der Waals surface area contributed by atoms with Crippen LogP contribution in [-0.2, 0) is 0 Å². The normalized spacial score (nSPS) is 10.5. The summed E-state index contributed by atoms with van der Waals surface area (Å²) in [4.78, 5) is 4.05. The molecule has 0 aromatic rings. The number of hydrogen-bond donors (Lipinski definition) is 0. The van der Waals surface area contributed by atoms with Gasteiger partial charge in [-0.05, 0) is 0 Å². The molecule has 0 aromatic carbocycles.